The van der Waals surface area contributed by atoms with E-state index in [-0.39, 0.29) is 12.1 Å². The molecule has 3 saturated heterocycles. The first-order chi connectivity index (χ1) is 21.0. The van der Waals surface area contributed by atoms with Crippen molar-refractivity contribution in [3.05, 3.63) is 88.4 Å². The first-order valence-corrected chi connectivity index (χ1v) is 15.8. The molecule has 0 aliphatic carbocycles. The smallest absolute Gasteiger partial charge is 0.410 e. The molecule has 0 saturated carbocycles. The molecule has 3 aliphatic rings. The highest BCUT2D eigenvalue weighted by Crippen LogP contribution is 2.34. The van der Waals surface area contributed by atoms with Gasteiger partial charge in [0.2, 0.25) is 0 Å². The maximum Gasteiger partial charge on any atom is 0.410 e. The fourth-order valence-electron chi connectivity index (χ4n) is 6.73. The van der Waals surface area contributed by atoms with Gasteiger partial charge in [-0.15, -0.1) is 0 Å². The highest BCUT2D eigenvalue weighted by atomic mass is 35.5. The number of anilines is 1. The van der Waals surface area contributed by atoms with Gasteiger partial charge in [0.1, 0.15) is 5.60 Å². The molecule has 0 radical (unpaired) electrons. The van der Waals surface area contributed by atoms with Crippen molar-refractivity contribution in [3.63, 3.8) is 0 Å². The summed E-state index contributed by atoms with van der Waals surface area (Å²) in [4.78, 5) is 33.2. The number of fused-ring (bicyclic) bond motifs is 2. The number of carboxylic acid groups (broad SMARTS) is 1. The lowest BCUT2D eigenvalue weighted by molar-refractivity contribution is 0.0123. The molecule has 1 amide bonds. The van der Waals surface area contributed by atoms with Gasteiger partial charge < -0.3 is 19.6 Å². The van der Waals surface area contributed by atoms with Gasteiger partial charge in [0.25, 0.3) is 0 Å². The van der Waals surface area contributed by atoms with E-state index in [9.17, 15) is 14.7 Å². The summed E-state index contributed by atoms with van der Waals surface area (Å²) >= 11 is 6.22. The van der Waals surface area contributed by atoms with Crippen molar-refractivity contribution in [1.29, 1.82) is 0 Å². The maximum absolute atomic E-state index is 12.7. The molecule has 6 rings (SSSR count). The van der Waals surface area contributed by atoms with Crippen LogP contribution < -0.4 is 4.90 Å². The summed E-state index contributed by atoms with van der Waals surface area (Å²) in [5.74, 6) is -0.903. The van der Waals surface area contributed by atoms with Gasteiger partial charge in [0.15, 0.2) is 0 Å². The maximum atomic E-state index is 12.7. The second-order valence-electron chi connectivity index (χ2n) is 13.2. The third kappa shape index (κ3) is 6.88. The van der Waals surface area contributed by atoms with Crippen molar-refractivity contribution in [2.75, 3.05) is 44.2 Å². The highest BCUT2D eigenvalue weighted by molar-refractivity contribution is 6.30. The number of carboxylic acids is 1. The minimum absolute atomic E-state index is 0.198. The SMILES string of the molecule is CC(C)(C)OC(=O)N1C[C@H]2C[C@@H]1CN2Cc1ccc(-c2ccc(Cl)cc2)c(CN2CCN(c3ccc(C(=O)O)cc3)CC2)c1. The molecule has 0 spiro atoms. The first-order valence-electron chi connectivity index (χ1n) is 15.4. The third-order valence-corrected chi connectivity index (χ3v) is 9.19. The number of rotatable bonds is 7. The zero-order chi connectivity index (χ0) is 31.0. The Morgan fingerprint density at radius 2 is 1.59 bits per heavy atom. The van der Waals surface area contributed by atoms with E-state index in [2.05, 4.69) is 45.0 Å². The number of nitrogens with zero attached hydrogens (tertiary/aromatic N) is 4. The number of aromatic carboxylic acids is 1. The Balaban J connectivity index is 1.14. The van der Waals surface area contributed by atoms with E-state index >= 15 is 0 Å². The summed E-state index contributed by atoms with van der Waals surface area (Å²) in [6, 6.07) is 22.6. The Morgan fingerprint density at radius 3 is 2.20 bits per heavy atom. The predicted octanol–water partition coefficient (Wildman–Crippen LogP) is 6.22. The average Bonchev–Trinajstić information content (AvgIpc) is 3.59. The summed E-state index contributed by atoms with van der Waals surface area (Å²) < 4.78 is 5.65. The van der Waals surface area contributed by atoms with Crippen molar-refractivity contribution in [2.45, 2.75) is 58.0 Å². The number of hydrogen-bond donors (Lipinski definition) is 1. The van der Waals surface area contributed by atoms with Crippen LogP contribution in [0.25, 0.3) is 11.1 Å². The van der Waals surface area contributed by atoms with E-state index < -0.39 is 11.6 Å². The minimum atomic E-state index is -0.903. The largest absolute Gasteiger partial charge is 0.478 e. The van der Waals surface area contributed by atoms with Crippen molar-refractivity contribution >= 4 is 29.4 Å². The van der Waals surface area contributed by atoms with Gasteiger partial charge in [0, 0.05) is 75.2 Å². The van der Waals surface area contributed by atoms with Crippen LogP contribution in [0, 0.1) is 0 Å². The molecule has 3 aromatic carbocycles. The fourth-order valence-corrected chi connectivity index (χ4v) is 6.85. The molecule has 3 fully saturated rings. The number of amides is 1. The molecule has 3 aromatic rings. The Labute approximate surface area is 264 Å². The van der Waals surface area contributed by atoms with E-state index in [1.165, 1.54) is 16.7 Å². The molecule has 3 heterocycles. The summed E-state index contributed by atoms with van der Waals surface area (Å²) in [6.07, 6.45) is 0.801. The van der Waals surface area contributed by atoms with Gasteiger partial charge in [-0.3, -0.25) is 9.80 Å². The second kappa shape index (κ2) is 12.4. The van der Waals surface area contributed by atoms with Gasteiger partial charge in [-0.25, -0.2) is 9.59 Å². The van der Waals surface area contributed by atoms with E-state index in [1.807, 2.05) is 49.9 Å². The van der Waals surface area contributed by atoms with E-state index in [1.54, 1.807) is 12.1 Å². The molecule has 0 aromatic heterocycles. The fraction of sp³-hybridized carbons (Fsp3) is 0.429. The summed E-state index contributed by atoms with van der Waals surface area (Å²) in [7, 11) is 0. The highest BCUT2D eigenvalue weighted by Gasteiger charge is 2.46. The molecule has 8 nitrogen and oxygen atoms in total. The Bertz CT molecular complexity index is 1500. The Hall–Kier alpha value is -3.59. The monoisotopic (exact) mass is 616 g/mol. The number of hydrogen-bond acceptors (Lipinski definition) is 6. The van der Waals surface area contributed by atoms with Crippen LogP contribution in [0.1, 0.15) is 48.7 Å². The van der Waals surface area contributed by atoms with Crippen LogP contribution in [0.4, 0.5) is 10.5 Å². The molecule has 3 aliphatic heterocycles. The zero-order valence-electron chi connectivity index (χ0n) is 25.7. The van der Waals surface area contributed by atoms with Crippen molar-refractivity contribution in [1.82, 2.24) is 14.7 Å². The second-order valence-corrected chi connectivity index (χ2v) is 13.7. The van der Waals surface area contributed by atoms with Crippen LogP contribution in [-0.2, 0) is 17.8 Å². The van der Waals surface area contributed by atoms with Crippen LogP contribution in [0.5, 0.6) is 0 Å². The van der Waals surface area contributed by atoms with Crippen molar-refractivity contribution < 1.29 is 19.4 Å². The third-order valence-electron chi connectivity index (χ3n) is 8.94. The molecular weight excluding hydrogens is 576 g/mol. The Kier molecular flexibility index (Phi) is 8.59. The number of piperazine rings is 2. The zero-order valence-corrected chi connectivity index (χ0v) is 26.5. The minimum Gasteiger partial charge on any atom is -0.478 e. The van der Waals surface area contributed by atoms with Gasteiger partial charge >= 0.3 is 12.1 Å². The number of carbonyl (C=O) groups is 2. The lowest BCUT2D eigenvalue weighted by atomic mass is 9.96. The van der Waals surface area contributed by atoms with Gasteiger partial charge in [-0.2, -0.15) is 0 Å². The molecular formula is C35H41ClN4O4. The predicted molar refractivity (Wildman–Crippen MR) is 173 cm³/mol. The lowest BCUT2D eigenvalue weighted by Gasteiger charge is -2.37. The summed E-state index contributed by atoms with van der Waals surface area (Å²) in [6.45, 7) is 12.6. The topological polar surface area (TPSA) is 76.6 Å². The molecule has 0 unspecified atom stereocenters. The normalized spacial score (nSPS) is 20.7. The molecule has 232 valence electrons. The van der Waals surface area contributed by atoms with Crippen LogP contribution in [0.3, 0.4) is 0 Å². The summed E-state index contributed by atoms with van der Waals surface area (Å²) in [5, 5.41) is 9.95. The molecule has 44 heavy (non-hydrogen) atoms. The quantitative estimate of drug-likeness (QED) is 0.338. The van der Waals surface area contributed by atoms with E-state index in [4.69, 9.17) is 16.3 Å². The number of benzene rings is 3. The molecule has 2 bridgehead atoms. The van der Waals surface area contributed by atoms with Crippen LogP contribution >= 0.6 is 11.6 Å². The van der Waals surface area contributed by atoms with Gasteiger partial charge in [0.05, 0.1) is 5.56 Å². The van der Waals surface area contributed by atoms with E-state index in [0.29, 0.717) is 11.6 Å². The number of halogens is 1. The molecule has 1 N–H and O–H groups in total. The average molecular weight is 617 g/mol. The van der Waals surface area contributed by atoms with Crippen LogP contribution in [-0.4, -0.2) is 88.8 Å². The van der Waals surface area contributed by atoms with Crippen LogP contribution in [0.2, 0.25) is 5.02 Å². The van der Waals surface area contributed by atoms with Crippen molar-refractivity contribution in [2.24, 2.45) is 0 Å². The van der Waals surface area contributed by atoms with Crippen LogP contribution in [0.15, 0.2) is 66.7 Å². The van der Waals surface area contributed by atoms with E-state index in [0.717, 1.165) is 75.1 Å². The van der Waals surface area contributed by atoms with Crippen molar-refractivity contribution in [3.8, 4) is 11.1 Å². The van der Waals surface area contributed by atoms with Gasteiger partial charge in [-0.05, 0) is 85.8 Å². The molecule has 9 heteroatoms. The Morgan fingerprint density at radius 1 is 0.886 bits per heavy atom. The lowest BCUT2D eigenvalue weighted by Crippen LogP contribution is -2.49. The standard InChI is InChI=1S/C35H41ClN4O4/c1-35(2,3)44-34(43)40-23-30-19-31(40)22-39(30)20-24-4-13-32(25-5-9-28(36)10-6-25)27(18-24)21-37-14-16-38(17-15-37)29-11-7-26(8-12-29)33(41)42/h4-13,18,30-31H,14-17,19-23H2,1-3H3,(H,41,42)/t30-,31-/m1/s1. The number of ether oxygens (including phenoxy) is 1. The first kappa shape index (κ1) is 30.4. The number of carbonyl (C=O) groups excluding carboxylic acids is 1. The number of likely N-dealkylation sites (tertiary alicyclic amines) is 2. The van der Waals surface area contributed by atoms with Gasteiger partial charge in [-0.1, -0.05) is 41.9 Å². The summed E-state index contributed by atoms with van der Waals surface area (Å²) in [5.41, 5.74) is 5.83. The molecule has 2 atom stereocenters.